The van der Waals surface area contributed by atoms with E-state index < -0.39 is 5.69 Å². The molecule has 0 saturated carbocycles. The minimum absolute atomic E-state index is 0.298. The molecule has 0 atom stereocenters. The van der Waals surface area contributed by atoms with Crippen LogP contribution in [-0.4, -0.2) is 31.2 Å². The number of oxazole rings is 1. The Hall–Kier alpha value is -3.62. The lowest BCUT2D eigenvalue weighted by Crippen LogP contribution is -2.35. The smallest absolute Gasteiger partial charge is 0.328 e. The Morgan fingerprint density at radius 3 is 2.81 bits per heavy atom. The van der Waals surface area contributed by atoms with Crippen LogP contribution in [0.4, 0.5) is 0 Å². The summed E-state index contributed by atoms with van der Waals surface area (Å²) in [4.78, 5) is 35.9. The van der Waals surface area contributed by atoms with Crippen LogP contribution in [0.2, 0.25) is 0 Å². The molecule has 0 bridgehead atoms. The van der Waals surface area contributed by atoms with E-state index in [9.17, 15) is 9.59 Å². The molecule has 0 saturated heterocycles. The highest BCUT2D eigenvalue weighted by atomic mass is 16.5. The fourth-order valence-electron chi connectivity index (χ4n) is 3.02. The zero-order chi connectivity index (χ0) is 18.8. The molecular weight excluding hydrogens is 350 g/mol. The van der Waals surface area contributed by atoms with Crippen LogP contribution < -0.4 is 16.0 Å². The molecule has 1 N–H and O–H groups in total. The number of aryl methyl sites for hydroxylation is 1. The zero-order valence-corrected chi connectivity index (χ0v) is 14.6. The Morgan fingerprint density at radius 2 is 2.11 bits per heavy atom. The molecule has 3 heterocycles. The van der Waals surface area contributed by atoms with Gasteiger partial charge in [-0.15, -0.1) is 0 Å². The van der Waals surface area contributed by atoms with Crippen molar-refractivity contribution < 1.29 is 9.15 Å². The standard InChI is InChI=1S/C18H17N5O4/c1-26-15-8-14-12(7-13(15)16-9-20-11-27-16)17(24)23(18(25)21-14)5-2-4-22-6-3-19-10-22/h3,6-11H,2,4-5H2,1H3,(H,21,25). The van der Waals surface area contributed by atoms with Crippen molar-refractivity contribution in [2.45, 2.75) is 19.5 Å². The molecule has 9 heteroatoms. The molecule has 0 amide bonds. The number of imidazole rings is 1. The molecular formula is C18H17N5O4. The minimum Gasteiger partial charge on any atom is -0.496 e. The van der Waals surface area contributed by atoms with Gasteiger partial charge in [-0.25, -0.2) is 14.8 Å². The van der Waals surface area contributed by atoms with Crippen molar-refractivity contribution in [1.82, 2.24) is 24.1 Å². The van der Waals surface area contributed by atoms with Gasteiger partial charge in [-0.05, 0) is 12.5 Å². The second-order valence-corrected chi connectivity index (χ2v) is 6.00. The first kappa shape index (κ1) is 16.8. The van der Waals surface area contributed by atoms with E-state index in [1.807, 2.05) is 10.8 Å². The first-order chi connectivity index (χ1) is 13.2. The van der Waals surface area contributed by atoms with E-state index in [0.717, 1.165) is 0 Å². The summed E-state index contributed by atoms with van der Waals surface area (Å²) in [7, 11) is 1.51. The molecule has 3 aromatic heterocycles. The topological polar surface area (TPSA) is 108 Å². The number of hydrogen-bond acceptors (Lipinski definition) is 6. The second kappa shape index (κ2) is 6.94. The zero-order valence-electron chi connectivity index (χ0n) is 14.6. The van der Waals surface area contributed by atoms with E-state index in [1.165, 1.54) is 18.1 Å². The Morgan fingerprint density at radius 1 is 1.22 bits per heavy atom. The second-order valence-electron chi connectivity index (χ2n) is 6.00. The molecule has 0 radical (unpaired) electrons. The van der Waals surface area contributed by atoms with Gasteiger partial charge in [-0.3, -0.25) is 9.36 Å². The third-order valence-corrected chi connectivity index (χ3v) is 4.36. The van der Waals surface area contributed by atoms with Crippen molar-refractivity contribution >= 4 is 10.9 Å². The van der Waals surface area contributed by atoms with Gasteiger partial charge in [0.15, 0.2) is 12.2 Å². The number of ether oxygens (including phenoxy) is 1. The largest absolute Gasteiger partial charge is 0.496 e. The van der Waals surface area contributed by atoms with E-state index >= 15 is 0 Å². The highest BCUT2D eigenvalue weighted by Gasteiger charge is 2.15. The Balaban J connectivity index is 1.75. The number of fused-ring (bicyclic) bond motifs is 1. The molecule has 1 aromatic carbocycles. The van der Waals surface area contributed by atoms with E-state index in [-0.39, 0.29) is 5.56 Å². The summed E-state index contributed by atoms with van der Waals surface area (Å²) in [6, 6.07) is 3.27. The number of nitrogens with one attached hydrogen (secondary N) is 1. The summed E-state index contributed by atoms with van der Waals surface area (Å²) in [5.41, 5.74) is 0.197. The maximum absolute atomic E-state index is 12.9. The first-order valence-electron chi connectivity index (χ1n) is 8.37. The van der Waals surface area contributed by atoms with Gasteiger partial charge in [0, 0.05) is 31.5 Å². The lowest BCUT2D eigenvalue weighted by atomic mass is 10.1. The third-order valence-electron chi connectivity index (χ3n) is 4.36. The van der Waals surface area contributed by atoms with Crippen molar-refractivity contribution in [2.75, 3.05) is 7.11 Å². The van der Waals surface area contributed by atoms with Gasteiger partial charge in [-0.2, -0.15) is 0 Å². The number of benzene rings is 1. The van der Waals surface area contributed by atoms with Gasteiger partial charge < -0.3 is 18.7 Å². The van der Waals surface area contributed by atoms with Crippen molar-refractivity contribution in [2.24, 2.45) is 0 Å². The molecule has 4 rings (SSSR count). The number of nitrogens with zero attached hydrogens (tertiary/aromatic N) is 4. The third kappa shape index (κ3) is 3.14. The molecule has 0 aliphatic rings. The van der Waals surface area contributed by atoms with Gasteiger partial charge in [0.1, 0.15) is 5.75 Å². The van der Waals surface area contributed by atoms with Gasteiger partial charge in [0.05, 0.1) is 36.1 Å². The van der Waals surface area contributed by atoms with Crippen LogP contribution in [0, 0.1) is 0 Å². The van der Waals surface area contributed by atoms with E-state index in [0.29, 0.717) is 47.5 Å². The van der Waals surface area contributed by atoms with Crippen molar-refractivity contribution in [1.29, 1.82) is 0 Å². The number of aromatic amines is 1. The van der Waals surface area contributed by atoms with Crippen LogP contribution in [0.5, 0.6) is 5.75 Å². The number of hydrogen-bond donors (Lipinski definition) is 1. The summed E-state index contributed by atoms with van der Waals surface area (Å²) in [5.74, 6) is 0.957. The average Bonchev–Trinajstić information content (AvgIpc) is 3.37. The molecule has 0 spiro atoms. The van der Waals surface area contributed by atoms with Crippen LogP contribution >= 0.6 is 0 Å². The molecule has 0 unspecified atom stereocenters. The summed E-state index contributed by atoms with van der Waals surface area (Å²) < 4.78 is 13.8. The predicted molar refractivity (Wildman–Crippen MR) is 97.7 cm³/mol. The van der Waals surface area contributed by atoms with E-state index in [2.05, 4.69) is 15.0 Å². The van der Waals surface area contributed by atoms with Gasteiger partial charge in [0.2, 0.25) is 0 Å². The molecule has 0 aliphatic heterocycles. The Labute approximate surface area is 152 Å². The SMILES string of the molecule is COc1cc2[nH]c(=O)n(CCCn3ccnc3)c(=O)c2cc1-c1cnco1. The van der Waals surface area contributed by atoms with Crippen molar-refractivity contribution in [3.05, 3.63) is 64.3 Å². The summed E-state index contributed by atoms with van der Waals surface area (Å²) in [6.07, 6.45) is 8.69. The summed E-state index contributed by atoms with van der Waals surface area (Å²) in [6.45, 7) is 0.960. The van der Waals surface area contributed by atoms with Gasteiger partial charge >= 0.3 is 5.69 Å². The van der Waals surface area contributed by atoms with E-state index in [4.69, 9.17) is 9.15 Å². The average molecular weight is 367 g/mol. The van der Waals surface area contributed by atoms with Crippen molar-refractivity contribution in [3.63, 3.8) is 0 Å². The Kier molecular flexibility index (Phi) is 4.33. The van der Waals surface area contributed by atoms with Crippen LogP contribution in [0.1, 0.15) is 6.42 Å². The first-order valence-corrected chi connectivity index (χ1v) is 8.37. The lowest BCUT2D eigenvalue weighted by molar-refractivity contribution is 0.415. The van der Waals surface area contributed by atoms with Crippen molar-refractivity contribution in [3.8, 4) is 17.1 Å². The monoisotopic (exact) mass is 367 g/mol. The maximum atomic E-state index is 12.9. The molecule has 9 nitrogen and oxygen atoms in total. The number of methoxy groups -OCH3 is 1. The molecule has 4 aromatic rings. The molecule has 27 heavy (non-hydrogen) atoms. The number of rotatable bonds is 6. The Bertz CT molecular complexity index is 1170. The normalized spacial score (nSPS) is 11.1. The van der Waals surface area contributed by atoms with Crippen LogP contribution in [0.15, 0.2) is 57.5 Å². The lowest BCUT2D eigenvalue weighted by Gasteiger charge is -2.10. The maximum Gasteiger partial charge on any atom is 0.328 e. The van der Waals surface area contributed by atoms with Crippen LogP contribution in [0.3, 0.4) is 0 Å². The summed E-state index contributed by atoms with van der Waals surface area (Å²) >= 11 is 0. The molecule has 0 aliphatic carbocycles. The fourth-order valence-corrected chi connectivity index (χ4v) is 3.02. The molecule has 138 valence electrons. The highest BCUT2D eigenvalue weighted by molar-refractivity contribution is 5.86. The van der Waals surface area contributed by atoms with E-state index in [1.54, 1.807) is 30.9 Å². The molecule has 0 fully saturated rings. The highest BCUT2D eigenvalue weighted by Crippen LogP contribution is 2.32. The van der Waals surface area contributed by atoms with Crippen LogP contribution in [-0.2, 0) is 13.1 Å². The summed E-state index contributed by atoms with van der Waals surface area (Å²) in [5, 5.41) is 0.379. The number of aromatic nitrogens is 5. The van der Waals surface area contributed by atoms with Crippen LogP contribution in [0.25, 0.3) is 22.2 Å². The fraction of sp³-hybridized carbons (Fsp3) is 0.222. The number of H-pyrrole nitrogens is 1. The predicted octanol–water partition coefficient (Wildman–Crippen LogP) is 1.64. The van der Waals surface area contributed by atoms with Gasteiger partial charge in [-0.1, -0.05) is 0 Å². The van der Waals surface area contributed by atoms with Gasteiger partial charge in [0.25, 0.3) is 5.56 Å². The minimum atomic E-state index is -0.451. The quantitative estimate of drug-likeness (QED) is 0.555.